The average Bonchev–Trinajstić information content (AvgIpc) is 3.08. The first-order valence-electron chi connectivity index (χ1n) is 9.78. The topological polar surface area (TPSA) is 49.4 Å². The van der Waals surface area contributed by atoms with Crippen molar-refractivity contribution in [1.29, 1.82) is 0 Å². The summed E-state index contributed by atoms with van der Waals surface area (Å²) in [5.74, 6) is -1.51. The van der Waals surface area contributed by atoms with Crippen LogP contribution >= 0.6 is 11.8 Å². The van der Waals surface area contributed by atoms with Crippen LogP contribution in [0.2, 0.25) is 0 Å². The van der Waals surface area contributed by atoms with Crippen molar-refractivity contribution in [1.82, 2.24) is 0 Å². The van der Waals surface area contributed by atoms with Crippen molar-refractivity contribution in [2.45, 2.75) is 44.4 Å². The number of nitrogens with zero attached hydrogens (tertiary/aromatic N) is 1. The van der Waals surface area contributed by atoms with Gasteiger partial charge in [-0.1, -0.05) is 44.4 Å². The number of hydrogen-bond acceptors (Lipinski definition) is 3. The zero-order valence-electron chi connectivity index (χ0n) is 16.3. The van der Waals surface area contributed by atoms with Gasteiger partial charge in [-0.15, -0.1) is 11.8 Å². The zero-order valence-corrected chi connectivity index (χ0v) is 17.1. The molecule has 1 atom stereocenters. The molecule has 2 aromatic carbocycles. The minimum Gasteiger partial charge on any atom is -0.326 e. The highest BCUT2D eigenvalue weighted by atomic mass is 32.2. The second-order valence-electron chi connectivity index (χ2n) is 6.97. The van der Waals surface area contributed by atoms with Crippen LogP contribution in [0.1, 0.15) is 50.0 Å². The number of para-hydroxylation sites is 1. The largest absolute Gasteiger partial charge is 0.326 e. The highest BCUT2D eigenvalue weighted by molar-refractivity contribution is 8.00. The van der Waals surface area contributed by atoms with Crippen LogP contribution in [0.15, 0.2) is 42.5 Å². The van der Waals surface area contributed by atoms with Gasteiger partial charge in [0.15, 0.2) is 0 Å². The van der Waals surface area contributed by atoms with Crippen molar-refractivity contribution >= 4 is 35.0 Å². The third kappa shape index (κ3) is 5.15. The van der Waals surface area contributed by atoms with Crippen molar-refractivity contribution in [2.24, 2.45) is 0 Å². The van der Waals surface area contributed by atoms with Crippen LogP contribution < -0.4 is 10.2 Å². The summed E-state index contributed by atoms with van der Waals surface area (Å²) in [6.45, 7) is 2.12. The molecule has 0 unspecified atom stereocenters. The molecule has 0 bridgehead atoms. The lowest BCUT2D eigenvalue weighted by Gasteiger charge is -2.26. The molecule has 1 saturated heterocycles. The molecule has 1 aliphatic rings. The molecule has 0 aromatic heterocycles. The minimum atomic E-state index is -0.662. The van der Waals surface area contributed by atoms with Crippen LogP contribution in [-0.4, -0.2) is 17.6 Å². The van der Waals surface area contributed by atoms with Gasteiger partial charge in [0, 0.05) is 23.7 Å². The number of halogens is 2. The normalized spacial score (nSPS) is 16.3. The highest BCUT2D eigenvalue weighted by Crippen LogP contribution is 2.45. The monoisotopic (exact) mass is 418 g/mol. The maximum atomic E-state index is 14.4. The van der Waals surface area contributed by atoms with Gasteiger partial charge in [0.1, 0.15) is 17.0 Å². The molecule has 1 heterocycles. The van der Waals surface area contributed by atoms with Gasteiger partial charge in [0.05, 0.1) is 11.4 Å². The fourth-order valence-corrected chi connectivity index (χ4v) is 4.54. The summed E-state index contributed by atoms with van der Waals surface area (Å²) in [6, 6.07) is 10.2. The molecule has 1 aliphatic heterocycles. The molecule has 2 aromatic rings. The quantitative estimate of drug-likeness (QED) is 0.564. The lowest BCUT2D eigenvalue weighted by Crippen LogP contribution is -2.29. The first-order chi connectivity index (χ1) is 14.0. The summed E-state index contributed by atoms with van der Waals surface area (Å²) in [5, 5.41) is 2.37. The first-order valence-corrected chi connectivity index (χ1v) is 10.8. The Labute approximate surface area is 173 Å². The van der Waals surface area contributed by atoms with Gasteiger partial charge in [0.25, 0.3) is 0 Å². The Morgan fingerprint density at radius 1 is 1.17 bits per heavy atom. The second kappa shape index (κ2) is 9.87. The van der Waals surface area contributed by atoms with Crippen LogP contribution in [0.3, 0.4) is 0 Å². The second-order valence-corrected chi connectivity index (χ2v) is 8.04. The Hall–Kier alpha value is -2.41. The number of amides is 2. The fraction of sp³-hybridized carbons (Fsp3) is 0.364. The van der Waals surface area contributed by atoms with Crippen LogP contribution in [0.5, 0.6) is 0 Å². The lowest BCUT2D eigenvalue weighted by molar-refractivity contribution is -0.116. The third-order valence-corrected chi connectivity index (χ3v) is 5.99. The van der Waals surface area contributed by atoms with E-state index in [-0.39, 0.29) is 23.3 Å². The van der Waals surface area contributed by atoms with Gasteiger partial charge in [-0.05, 0) is 24.6 Å². The summed E-state index contributed by atoms with van der Waals surface area (Å²) >= 11 is 1.32. The Kier molecular flexibility index (Phi) is 7.25. The number of thioether (sulfide) groups is 1. The summed E-state index contributed by atoms with van der Waals surface area (Å²) in [7, 11) is 0. The Balaban J connectivity index is 1.83. The Morgan fingerprint density at radius 2 is 1.97 bits per heavy atom. The standard InChI is InChI=1S/C22H24F2N2O2S/c1-2-3-4-5-10-20(27)25-18-9-7-6-8-16(18)22-26(21(28)14-29-22)19-13-15(23)11-12-17(19)24/h6-9,11-13,22H,2-5,10,14H2,1H3,(H,25,27)/t22-/m1/s1. The van der Waals surface area contributed by atoms with Crippen LogP contribution in [0.25, 0.3) is 0 Å². The number of nitrogens with one attached hydrogen (secondary N) is 1. The number of benzene rings is 2. The van der Waals surface area contributed by atoms with E-state index in [0.29, 0.717) is 17.7 Å². The van der Waals surface area contributed by atoms with Crippen molar-refractivity contribution in [2.75, 3.05) is 16.0 Å². The van der Waals surface area contributed by atoms with Crippen LogP contribution in [0, 0.1) is 11.6 Å². The molecular weight excluding hydrogens is 394 g/mol. The third-order valence-electron chi connectivity index (χ3n) is 4.79. The molecule has 4 nitrogen and oxygen atoms in total. The molecule has 0 aliphatic carbocycles. The van der Waals surface area contributed by atoms with E-state index in [0.717, 1.165) is 43.9 Å². The number of carbonyl (C=O) groups is 2. The number of carbonyl (C=O) groups excluding carboxylic acids is 2. The van der Waals surface area contributed by atoms with Gasteiger partial charge < -0.3 is 5.32 Å². The fourth-order valence-electron chi connectivity index (χ4n) is 3.34. The van der Waals surface area contributed by atoms with Crippen LogP contribution in [0.4, 0.5) is 20.2 Å². The smallest absolute Gasteiger partial charge is 0.238 e. The molecule has 0 saturated carbocycles. The molecule has 1 N–H and O–H groups in total. The molecule has 7 heteroatoms. The van der Waals surface area contributed by atoms with E-state index in [1.54, 1.807) is 24.3 Å². The van der Waals surface area contributed by atoms with Gasteiger partial charge in [-0.3, -0.25) is 14.5 Å². The Morgan fingerprint density at radius 3 is 2.76 bits per heavy atom. The molecule has 154 valence electrons. The van der Waals surface area contributed by atoms with E-state index in [2.05, 4.69) is 12.2 Å². The van der Waals surface area contributed by atoms with E-state index in [4.69, 9.17) is 0 Å². The SMILES string of the molecule is CCCCCCC(=O)Nc1ccccc1[C@H]1SCC(=O)N1c1cc(F)ccc1F. The van der Waals surface area contributed by atoms with Gasteiger partial charge in [0.2, 0.25) is 11.8 Å². The van der Waals surface area contributed by atoms with Crippen molar-refractivity contribution < 1.29 is 18.4 Å². The predicted molar refractivity (Wildman–Crippen MR) is 113 cm³/mol. The predicted octanol–water partition coefficient (Wildman–Crippen LogP) is 5.65. The van der Waals surface area contributed by atoms with Crippen molar-refractivity contribution in [3.05, 3.63) is 59.7 Å². The van der Waals surface area contributed by atoms with Gasteiger partial charge >= 0.3 is 0 Å². The number of anilines is 2. The summed E-state index contributed by atoms with van der Waals surface area (Å²) < 4.78 is 28.1. The summed E-state index contributed by atoms with van der Waals surface area (Å²) in [6.07, 6.45) is 4.44. The van der Waals surface area contributed by atoms with E-state index in [1.807, 2.05) is 0 Å². The molecular formula is C22H24F2N2O2S. The average molecular weight is 419 g/mol. The first kappa shape index (κ1) is 21.3. The molecule has 1 fully saturated rings. The minimum absolute atomic E-state index is 0.0913. The molecule has 3 rings (SSSR count). The molecule has 0 spiro atoms. The van der Waals surface area contributed by atoms with Gasteiger partial charge in [-0.25, -0.2) is 8.78 Å². The van der Waals surface area contributed by atoms with Gasteiger partial charge in [-0.2, -0.15) is 0 Å². The van der Waals surface area contributed by atoms with Crippen molar-refractivity contribution in [3.63, 3.8) is 0 Å². The molecule has 2 amide bonds. The summed E-state index contributed by atoms with van der Waals surface area (Å²) in [5.41, 5.74) is 1.18. The van der Waals surface area contributed by atoms with E-state index >= 15 is 0 Å². The zero-order chi connectivity index (χ0) is 20.8. The molecule has 0 radical (unpaired) electrons. The number of unbranched alkanes of at least 4 members (excludes halogenated alkanes) is 3. The Bertz CT molecular complexity index is 891. The van der Waals surface area contributed by atoms with E-state index < -0.39 is 17.0 Å². The maximum absolute atomic E-state index is 14.4. The lowest BCUT2D eigenvalue weighted by atomic mass is 10.1. The molecule has 29 heavy (non-hydrogen) atoms. The van der Waals surface area contributed by atoms with E-state index in [9.17, 15) is 18.4 Å². The van der Waals surface area contributed by atoms with Crippen molar-refractivity contribution in [3.8, 4) is 0 Å². The van der Waals surface area contributed by atoms with Crippen LogP contribution in [-0.2, 0) is 9.59 Å². The highest BCUT2D eigenvalue weighted by Gasteiger charge is 2.37. The number of hydrogen-bond donors (Lipinski definition) is 1. The van der Waals surface area contributed by atoms with E-state index in [1.165, 1.54) is 16.7 Å². The number of rotatable bonds is 8. The maximum Gasteiger partial charge on any atom is 0.238 e. The summed E-state index contributed by atoms with van der Waals surface area (Å²) in [4.78, 5) is 26.1.